The number of carbonyl (C=O) groups is 4. The molecule has 1 saturated heterocycles. The van der Waals surface area contributed by atoms with Crippen LogP contribution in [0.25, 0.3) is 11.4 Å². The SMILES string of the molecule is O=C(O)CNC(=O)C1C(=O)CCN(Cc2cnc(-c3ccccc3)nc2)C1=O. The van der Waals surface area contributed by atoms with Crippen molar-refractivity contribution in [2.24, 2.45) is 5.92 Å². The third kappa shape index (κ3) is 4.37. The first-order valence-corrected chi connectivity index (χ1v) is 8.63. The number of aliphatic carboxylic acids is 1. The van der Waals surface area contributed by atoms with E-state index in [1.807, 2.05) is 30.3 Å². The van der Waals surface area contributed by atoms with E-state index in [0.717, 1.165) is 5.56 Å². The van der Waals surface area contributed by atoms with Gasteiger partial charge in [0.25, 0.3) is 0 Å². The Balaban J connectivity index is 1.68. The number of piperidine rings is 1. The summed E-state index contributed by atoms with van der Waals surface area (Å²) in [5.74, 6) is -4.27. The van der Waals surface area contributed by atoms with E-state index in [9.17, 15) is 19.2 Å². The molecule has 1 aromatic carbocycles. The smallest absolute Gasteiger partial charge is 0.322 e. The van der Waals surface area contributed by atoms with Crippen LogP contribution < -0.4 is 5.32 Å². The van der Waals surface area contributed by atoms with E-state index in [0.29, 0.717) is 11.4 Å². The van der Waals surface area contributed by atoms with E-state index >= 15 is 0 Å². The van der Waals surface area contributed by atoms with Crippen LogP contribution in [0.5, 0.6) is 0 Å². The first kappa shape index (κ1) is 19.2. The Hall–Kier alpha value is -3.62. The van der Waals surface area contributed by atoms with Crippen LogP contribution in [0.15, 0.2) is 42.7 Å². The summed E-state index contributed by atoms with van der Waals surface area (Å²) in [6.07, 6.45) is 3.22. The van der Waals surface area contributed by atoms with Gasteiger partial charge in [0.1, 0.15) is 6.54 Å². The normalized spacial score (nSPS) is 16.7. The monoisotopic (exact) mass is 382 g/mol. The van der Waals surface area contributed by atoms with E-state index in [1.165, 1.54) is 4.90 Å². The van der Waals surface area contributed by atoms with E-state index in [-0.39, 0.29) is 19.5 Å². The molecule has 3 rings (SSSR count). The summed E-state index contributed by atoms with van der Waals surface area (Å²) >= 11 is 0. The second-order valence-electron chi connectivity index (χ2n) is 6.30. The van der Waals surface area contributed by atoms with Crippen molar-refractivity contribution < 1.29 is 24.3 Å². The van der Waals surface area contributed by atoms with Crippen molar-refractivity contribution in [3.63, 3.8) is 0 Å². The van der Waals surface area contributed by atoms with Crippen LogP contribution in [0.2, 0.25) is 0 Å². The average Bonchev–Trinajstić information content (AvgIpc) is 2.70. The van der Waals surface area contributed by atoms with E-state index in [1.54, 1.807) is 12.4 Å². The molecule has 2 aromatic rings. The van der Waals surface area contributed by atoms with Gasteiger partial charge in [0.15, 0.2) is 17.5 Å². The summed E-state index contributed by atoms with van der Waals surface area (Å²) < 4.78 is 0. The number of carboxylic acid groups (broad SMARTS) is 1. The van der Waals surface area contributed by atoms with Crippen LogP contribution >= 0.6 is 0 Å². The maximum atomic E-state index is 12.6. The largest absolute Gasteiger partial charge is 0.480 e. The number of amides is 2. The van der Waals surface area contributed by atoms with Gasteiger partial charge in [0.2, 0.25) is 11.8 Å². The number of hydrogen-bond acceptors (Lipinski definition) is 6. The number of benzene rings is 1. The van der Waals surface area contributed by atoms with Gasteiger partial charge >= 0.3 is 5.97 Å². The second-order valence-corrected chi connectivity index (χ2v) is 6.30. The topological polar surface area (TPSA) is 130 Å². The van der Waals surface area contributed by atoms with Gasteiger partial charge in [0, 0.05) is 43.0 Å². The van der Waals surface area contributed by atoms with Crippen LogP contribution in [-0.2, 0) is 25.7 Å². The molecule has 2 N–H and O–H groups in total. The van der Waals surface area contributed by atoms with Crippen molar-refractivity contribution in [2.45, 2.75) is 13.0 Å². The third-order valence-electron chi connectivity index (χ3n) is 4.30. The Morgan fingerprint density at radius 3 is 2.46 bits per heavy atom. The fraction of sp³-hybridized carbons (Fsp3) is 0.263. The van der Waals surface area contributed by atoms with Gasteiger partial charge in [-0.3, -0.25) is 19.2 Å². The molecule has 28 heavy (non-hydrogen) atoms. The number of ketones is 1. The van der Waals surface area contributed by atoms with Crippen molar-refractivity contribution in [3.05, 3.63) is 48.3 Å². The van der Waals surface area contributed by atoms with E-state index in [4.69, 9.17) is 5.11 Å². The van der Waals surface area contributed by atoms with E-state index in [2.05, 4.69) is 15.3 Å². The Labute approximate surface area is 160 Å². The summed E-state index contributed by atoms with van der Waals surface area (Å²) in [5, 5.41) is 10.7. The summed E-state index contributed by atoms with van der Waals surface area (Å²) in [4.78, 5) is 57.2. The van der Waals surface area contributed by atoms with E-state index < -0.39 is 36.0 Å². The Bertz CT molecular complexity index is 898. The lowest BCUT2D eigenvalue weighted by Crippen LogP contribution is -2.52. The zero-order valence-corrected chi connectivity index (χ0v) is 14.9. The van der Waals surface area contributed by atoms with Crippen molar-refractivity contribution in [2.75, 3.05) is 13.1 Å². The molecule has 2 heterocycles. The molecule has 1 aliphatic rings. The van der Waals surface area contributed by atoms with Gasteiger partial charge in [-0.25, -0.2) is 9.97 Å². The van der Waals surface area contributed by atoms with Crippen LogP contribution in [0.1, 0.15) is 12.0 Å². The van der Waals surface area contributed by atoms with Crippen molar-refractivity contribution in [1.29, 1.82) is 0 Å². The van der Waals surface area contributed by atoms with Gasteiger partial charge < -0.3 is 15.3 Å². The maximum absolute atomic E-state index is 12.6. The molecule has 144 valence electrons. The number of nitrogens with one attached hydrogen (secondary N) is 1. The predicted molar refractivity (Wildman–Crippen MR) is 96.6 cm³/mol. The predicted octanol–water partition coefficient (Wildman–Crippen LogP) is 0.262. The molecular formula is C19H18N4O5. The van der Waals surface area contributed by atoms with Gasteiger partial charge in [-0.1, -0.05) is 30.3 Å². The molecule has 2 amide bonds. The molecule has 1 atom stereocenters. The highest BCUT2D eigenvalue weighted by Crippen LogP contribution is 2.19. The van der Waals surface area contributed by atoms with Crippen LogP contribution in [0, 0.1) is 5.92 Å². The van der Waals surface area contributed by atoms with Crippen LogP contribution in [0.3, 0.4) is 0 Å². The average molecular weight is 382 g/mol. The third-order valence-corrected chi connectivity index (χ3v) is 4.30. The van der Waals surface area contributed by atoms with Gasteiger partial charge in [-0.05, 0) is 0 Å². The second kappa shape index (κ2) is 8.38. The number of hydrogen-bond donors (Lipinski definition) is 2. The number of carbonyl (C=O) groups excluding carboxylic acids is 3. The number of rotatable bonds is 6. The molecule has 0 aliphatic carbocycles. The summed E-state index contributed by atoms with van der Waals surface area (Å²) in [5.41, 5.74) is 1.52. The minimum Gasteiger partial charge on any atom is -0.480 e. The Morgan fingerprint density at radius 1 is 1.14 bits per heavy atom. The molecule has 1 unspecified atom stereocenters. The first-order valence-electron chi connectivity index (χ1n) is 8.63. The Morgan fingerprint density at radius 2 is 1.82 bits per heavy atom. The standard InChI is InChI=1S/C19H18N4O5/c24-14-6-7-23(19(28)16(14)18(27)22-10-15(25)26)11-12-8-20-17(21-9-12)13-4-2-1-3-5-13/h1-5,8-9,16H,6-7,10-11H2,(H,22,27)(H,25,26). The van der Waals surface area contributed by atoms with Crippen LogP contribution in [0.4, 0.5) is 0 Å². The Kier molecular flexibility index (Phi) is 5.73. The molecule has 9 heteroatoms. The highest BCUT2D eigenvalue weighted by molar-refractivity contribution is 6.19. The molecule has 1 aliphatic heterocycles. The molecule has 0 saturated carbocycles. The minimum absolute atomic E-state index is 0.0276. The lowest BCUT2D eigenvalue weighted by atomic mass is 9.94. The fourth-order valence-corrected chi connectivity index (χ4v) is 2.89. The number of Topliss-reactive ketones (excluding diaryl/α,β-unsaturated/α-hetero) is 1. The first-order chi connectivity index (χ1) is 13.5. The van der Waals surface area contributed by atoms with Crippen molar-refractivity contribution in [3.8, 4) is 11.4 Å². The minimum atomic E-state index is -1.52. The number of likely N-dealkylation sites (tertiary alicyclic amines) is 1. The lowest BCUT2D eigenvalue weighted by Gasteiger charge is -2.30. The number of aromatic nitrogens is 2. The molecule has 0 spiro atoms. The summed E-state index contributed by atoms with van der Waals surface area (Å²) in [7, 11) is 0. The molecular weight excluding hydrogens is 364 g/mol. The lowest BCUT2D eigenvalue weighted by molar-refractivity contribution is -0.152. The molecule has 1 fully saturated rings. The highest BCUT2D eigenvalue weighted by atomic mass is 16.4. The van der Waals surface area contributed by atoms with Crippen molar-refractivity contribution in [1.82, 2.24) is 20.2 Å². The van der Waals surface area contributed by atoms with Gasteiger partial charge in [-0.2, -0.15) is 0 Å². The number of carboxylic acids is 1. The molecule has 9 nitrogen and oxygen atoms in total. The summed E-state index contributed by atoms with van der Waals surface area (Å²) in [6.45, 7) is -0.310. The molecule has 0 bridgehead atoms. The molecule has 1 aromatic heterocycles. The number of nitrogens with zero attached hydrogens (tertiary/aromatic N) is 3. The molecule has 0 radical (unpaired) electrons. The van der Waals surface area contributed by atoms with Crippen molar-refractivity contribution >= 4 is 23.6 Å². The summed E-state index contributed by atoms with van der Waals surface area (Å²) in [6, 6.07) is 9.42. The van der Waals surface area contributed by atoms with Crippen LogP contribution in [-0.4, -0.2) is 56.6 Å². The van der Waals surface area contributed by atoms with Gasteiger partial charge in [-0.15, -0.1) is 0 Å². The zero-order valence-electron chi connectivity index (χ0n) is 14.9. The quantitative estimate of drug-likeness (QED) is 0.686. The fourth-order valence-electron chi connectivity index (χ4n) is 2.89. The zero-order chi connectivity index (χ0) is 20.1. The highest BCUT2D eigenvalue weighted by Gasteiger charge is 2.40. The van der Waals surface area contributed by atoms with Gasteiger partial charge in [0.05, 0.1) is 0 Å². The maximum Gasteiger partial charge on any atom is 0.322 e.